The highest BCUT2D eigenvalue weighted by atomic mass is 19.1. The zero-order valence-corrected chi connectivity index (χ0v) is 9.65. The van der Waals surface area contributed by atoms with E-state index in [1.165, 1.54) is 24.3 Å². The lowest BCUT2D eigenvalue weighted by atomic mass is 10.2. The summed E-state index contributed by atoms with van der Waals surface area (Å²) in [6.45, 7) is 0. The lowest BCUT2D eigenvalue weighted by molar-refractivity contribution is 0.102. The second-order valence-corrected chi connectivity index (χ2v) is 3.85. The van der Waals surface area contributed by atoms with Crippen LogP contribution in [0.4, 0.5) is 20.2 Å². The second kappa shape index (κ2) is 4.93. The van der Waals surface area contributed by atoms with Crippen molar-refractivity contribution in [2.45, 2.75) is 0 Å². The van der Waals surface area contributed by atoms with Crippen LogP contribution >= 0.6 is 0 Å². The van der Waals surface area contributed by atoms with Crippen LogP contribution in [0.1, 0.15) is 10.4 Å². The van der Waals surface area contributed by atoms with Crippen molar-refractivity contribution < 1.29 is 18.7 Å². The highest BCUT2D eigenvalue weighted by Crippen LogP contribution is 2.22. The predicted octanol–water partition coefficient (Wildman–Crippen LogP) is 2.50. The number of hydrogen-bond acceptors (Lipinski definition) is 3. The van der Waals surface area contributed by atoms with Gasteiger partial charge in [-0.15, -0.1) is 0 Å². The van der Waals surface area contributed by atoms with Gasteiger partial charge in [-0.05, 0) is 30.3 Å². The number of phenolic OH excluding ortho intramolecular Hbond substituents is 1. The molecule has 0 aromatic heterocycles. The Balaban J connectivity index is 2.24. The normalized spacial score (nSPS) is 10.2. The summed E-state index contributed by atoms with van der Waals surface area (Å²) >= 11 is 0. The number of carbonyl (C=O) groups excluding carboxylic acids is 1. The van der Waals surface area contributed by atoms with Crippen LogP contribution in [0.2, 0.25) is 0 Å². The molecule has 1 amide bonds. The van der Waals surface area contributed by atoms with Gasteiger partial charge in [0.25, 0.3) is 5.91 Å². The van der Waals surface area contributed by atoms with Crippen LogP contribution in [0, 0.1) is 11.6 Å². The van der Waals surface area contributed by atoms with Crippen LogP contribution in [-0.4, -0.2) is 11.0 Å². The van der Waals surface area contributed by atoms with Crippen molar-refractivity contribution in [3.05, 3.63) is 53.6 Å². The molecule has 2 aromatic carbocycles. The average Bonchev–Trinajstić information content (AvgIpc) is 2.36. The minimum Gasteiger partial charge on any atom is -0.508 e. The molecule has 0 radical (unpaired) electrons. The van der Waals surface area contributed by atoms with Gasteiger partial charge in [-0.3, -0.25) is 4.79 Å². The summed E-state index contributed by atoms with van der Waals surface area (Å²) in [7, 11) is 0. The molecule has 0 saturated carbocycles. The van der Waals surface area contributed by atoms with Crippen molar-refractivity contribution in [2.75, 3.05) is 11.1 Å². The van der Waals surface area contributed by atoms with Gasteiger partial charge in [-0.1, -0.05) is 0 Å². The Hall–Kier alpha value is -2.63. The third-order valence-electron chi connectivity index (χ3n) is 2.46. The fourth-order valence-electron chi connectivity index (χ4n) is 1.47. The van der Waals surface area contributed by atoms with Crippen molar-refractivity contribution in [2.24, 2.45) is 0 Å². The van der Waals surface area contributed by atoms with Crippen LogP contribution in [0.25, 0.3) is 0 Å². The maximum Gasteiger partial charge on any atom is 0.255 e. The van der Waals surface area contributed by atoms with Crippen LogP contribution < -0.4 is 11.1 Å². The van der Waals surface area contributed by atoms with E-state index < -0.39 is 17.5 Å². The average molecular weight is 264 g/mol. The van der Waals surface area contributed by atoms with Gasteiger partial charge in [0.2, 0.25) is 0 Å². The smallest absolute Gasteiger partial charge is 0.255 e. The van der Waals surface area contributed by atoms with Gasteiger partial charge in [0.1, 0.15) is 17.4 Å². The zero-order chi connectivity index (χ0) is 14.0. The summed E-state index contributed by atoms with van der Waals surface area (Å²) in [5.41, 5.74) is 5.05. The molecule has 4 nitrogen and oxygen atoms in total. The van der Waals surface area contributed by atoms with Crippen molar-refractivity contribution in [1.82, 2.24) is 0 Å². The van der Waals surface area contributed by atoms with E-state index in [1.807, 2.05) is 0 Å². The summed E-state index contributed by atoms with van der Waals surface area (Å²) in [4.78, 5) is 11.8. The fraction of sp³-hybridized carbons (Fsp3) is 0. The summed E-state index contributed by atoms with van der Waals surface area (Å²) in [6.07, 6.45) is 0. The van der Waals surface area contributed by atoms with Crippen molar-refractivity contribution in [1.29, 1.82) is 0 Å². The highest BCUT2D eigenvalue weighted by Gasteiger charge is 2.12. The molecular weight excluding hydrogens is 254 g/mol. The number of nitrogens with two attached hydrogens (primary N) is 1. The number of aromatic hydroxyl groups is 1. The molecule has 0 bridgehead atoms. The molecule has 98 valence electrons. The van der Waals surface area contributed by atoms with Crippen molar-refractivity contribution >= 4 is 17.3 Å². The molecule has 0 heterocycles. The van der Waals surface area contributed by atoms with Crippen molar-refractivity contribution in [3.8, 4) is 5.75 Å². The molecule has 2 aromatic rings. The number of halogens is 2. The Kier molecular flexibility index (Phi) is 3.33. The van der Waals surface area contributed by atoms with E-state index in [9.17, 15) is 13.6 Å². The van der Waals surface area contributed by atoms with E-state index in [2.05, 4.69) is 5.32 Å². The maximum atomic E-state index is 13.4. The Morgan fingerprint density at radius 3 is 2.37 bits per heavy atom. The van der Waals surface area contributed by atoms with Gasteiger partial charge in [-0.25, -0.2) is 8.78 Å². The van der Waals surface area contributed by atoms with Crippen LogP contribution in [0.5, 0.6) is 5.75 Å². The number of nitrogen functional groups attached to an aromatic ring is 1. The molecule has 19 heavy (non-hydrogen) atoms. The van der Waals surface area contributed by atoms with Crippen LogP contribution in [-0.2, 0) is 0 Å². The number of benzene rings is 2. The number of amides is 1. The van der Waals surface area contributed by atoms with E-state index in [0.717, 1.165) is 6.07 Å². The maximum absolute atomic E-state index is 13.4. The molecule has 0 spiro atoms. The van der Waals surface area contributed by atoms with E-state index in [0.29, 0.717) is 6.07 Å². The van der Waals surface area contributed by atoms with E-state index in [1.54, 1.807) is 0 Å². The van der Waals surface area contributed by atoms with Gasteiger partial charge in [0.05, 0.1) is 11.4 Å². The molecule has 0 fully saturated rings. The molecule has 0 saturated heterocycles. The molecule has 0 aliphatic rings. The number of phenols is 1. The molecule has 4 N–H and O–H groups in total. The minimum absolute atomic E-state index is 0.00811. The first-order valence-corrected chi connectivity index (χ1v) is 5.32. The number of rotatable bonds is 2. The third kappa shape index (κ3) is 2.79. The van der Waals surface area contributed by atoms with Gasteiger partial charge in [0.15, 0.2) is 0 Å². The van der Waals surface area contributed by atoms with E-state index in [-0.39, 0.29) is 22.7 Å². The third-order valence-corrected chi connectivity index (χ3v) is 2.46. The second-order valence-electron chi connectivity index (χ2n) is 3.85. The predicted molar refractivity (Wildman–Crippen MR) is 66.8 cm³/mol. The Labute approximate surface area is 107 Å². The lowest BCUT2D eigenvalue weighted by Gasteiger charge is -2.08. The Morgan fingerprint density at radius 1 is 1.11 bits per heavy atom. The summed E-state index contributed by atoms with van der Waals surface area (Å²) in [5, 5.41) is 11.4. The van der Waals surface area contributed by atoms with Gasteiger partial charge in [0, 0.05) is 11.6 Å². The zero-order valence-electron chi connectivity index (χ0n) is 9.65. The van der Waals surface area contributed by atoms with Gasteiger partial charge < -0.3 is 16.2 Å². The molecule has 2 rings (SSSR count). The lowest BCUT2D eigenvalue weighted by Crippen LogP contribution is -2.13. The van der Waals surface area contributed by atoms with Crippen LogP contribution in [0.3, 0.4) is 0 Å². The molecular formula is C13H10F2N2O2. The quantitative estimate of drug-likeness (QED) is 0.729. The number of carbonyl (C=O) groups is 1. The summed E-state index contributed by atoms with van der Waals surface area (Å²) in [6, 6.07) is 6.99. The standard InChI is InChI=1S/C13H10F2N2O2/c14-9-5-10(15)12(6-11(9)16)17-13(19)7-1-3-8(18)4-2-7/h1-6,18H,16H2,(H,17,19). The van der Waals surface area contributed by atoms with E-state index >= 15 is 0 Å². The fourth-order valence-corrected chi connectivity index (χ4v) is 1.47. The Morgan fingerprint density at radius 2 is 1.74 bits per heavy atom. The number of nitrogens with one attached hydrogen (secondary N) is 1. The molecule has 6 heteroatoms. The van der Waals surface area contributed by atoms with E-state index in [4.69, 9.17) is 10.8 Å². The first-order chi connectivity index (χ1) is 8.97. The highest BCUT2D eigenvalue weighted by molar-refractivity contribution is 6.04. The van der Waals surface area contributed by atoms with Crippen molar-refractivity contribution in [3.63, 3.8) is 0 Å². The molecule has 0 unspecified atom stereocenters. The monoisotopic (exact) mass is 264 g/mol. The molecule has 0 aliphatic carbocycles. The minimum atomic E-state index is -0.918. The van der Waals surface area contributed by atoms with Gasteiger partial charge >= 0.3 is 0 Å². The van der Waals surface area contributed by atoms with Crippen LogP contribution in [0.15, 0.2) is 36.4 Å². The SMILES string of the molecule is Nc1cc(NC(=O)c2ccc(O)cc2)c(F)cc1F. The first-order valence-electron chi connectivity index (χ1n) is 5.32. The number of hydrogen-bond donors (Lipinski definition) is 3. The first kappa shape index (κ1) is 12.8. The summed E-state index contributed by atoms with van der Waals surface area (Å²) < 4.78 is 26.4. The largest absolute Gasteiger partial charge is 0.508 e. The molecule has 0 atom stereocenters. The topological polar surface area (TPSA) is 75.3 Å². The Bertz CT molecular complexity index is 627. The van der Waals surface area contributed by atoms with Gasteiger partial charge in [-0.2, -0.15) is 0 Å². The number of anilines is 2. The molecule has 0 aliphatic heterocycles. The summed E-state index contributed by atoms with van der Waals surface area (Å²) in [5.74, 6) is -2.39.